The van der Waals surface area contributed by atoms with E-state index in [1.165, 1.54) is 23.0 Å². The van der Waals surface area contributed by atoms with Crippen LogP contribution in [0.15, 0.2) is 72.6 Å². The third-order valence-electron chi connectivity index (χ3n) is 5.95. The predicted octanol–water partition coefficient (Wildman–Crippen LogP) is 5.31. The summed E-state index contributed by atoms with van der Waals surface area (Å²) >= 11 is 1.50. The number of hydrogen-bond acceptors (Lipinski definition) is 8. The third kappa shape index (κ3) is 5.88. The van der Waals surface area contributed by atoms with Gasteiger partial charge in [-0.15, -0.1) is 11.3 Å². The number of rotatable bonds is 8. The molecule has 2 aromatic carbocycles. The lowest BCUT2D eigenvalue weighted by atomic mass is 10.1. The maximum atomic E-state index is 11.6. The molecule has 184 valence electrons. The lowest BCUT2D eigenvalue weighted by Gasteiger charge is -2.29. The van der Waals surface area contributed by atoms with Gasteiger partial charge in [0.15, 0.2) is 0 Å². The van der Waals surface area contributed by atoms with Crippen LogP contribution in [0.4, 0.5) is 17.3 Å². The summed E-state index contributed by atoms with van der Waals surface area (Å²) in [5, 5.41) is 17.7. The molecular formula is C27H27N5O3S. The van der Waals surface area contributed by atoms with Crippen molar-refractivity contribution in [1.29, 1.82) is 0 Å². The zero-order chi connectivity index (χ0) is 24.9. The number of carbonyl (C=O) groups is 1. The Labute approximate surface area is 213 Å². The minimum absolute atomic E-state index is 0.163. The van der Waals surface area contributed by atoms with Gasteiger partial charge >= 0.3 is 0 Å². The normalized spacial score (nSPS) is 14.5. The van der Waals surface area contributed by atoms with Gasteiger partial charge in [-0.2, -0.15) is 4.98 Å². The van der Waals surface area contributed by atoms with Gasteiger partial charge in [0.1, 0.15) is 10.4 Å². The Balaban J connectivity index is 1.31. The van der Waals surface area contributed by atoms with E-state index in [9.17, 15) is 9.90 Å². The Morgan fingerprint density at radius 3 is 2.72 bits per heavy atom. The van der Waals surface area contributed by atoms with E-state index >= 15 is 0 Å². The fourth-order valence-corrected chi connectivity index (χ4v) is 4.82. The largest absolute Gasteiger partial charge is 0.437 e. The zero-order valence-corrected chi connectivity index (χ0v) is 20.5. The number of benzene rings is 2. The second-order valence-corrected chi connectivity index (χ2v) is 9.56. The molecule has 0 unspecified atom stereocenters. The highest BCUT2D eigenvalue weighted by Gasteiger charge is 2.17. The van der Waals surface area contributed by atoms with Crippen LogP contribution in [-0.2, 0) is 11.3 Å². The highest BCUT2D eigenvalue weighted by atomic mass is 32.1. The van der Waals surface area contributed by atoms with E-state index in [0.717, 1.165) is 48.4 Å². The lowest BCUT2D eigenvalue weighted by Crippen LogP contribution is -2.35. The van der Waals surface area contributed by atoms with Gasteiger partial charge in [-0.05, 0) is 60.2 Å². The molecule has 2 aromatic heterocycles. The van der Waals surface area contributed by atoms with Gasteiger partial charge in [-0.3, -0.25) is 9.69 Å². The third-order valence-corrected chi connectivity index (χ3v) is 6.84. The Morgan fingerprint density at radius 1 is 1.14 bits per heavy atom. The molecule has 1 amide bonds. The molecule has 5 rings (SSSR count). The number of aromatic nitrogens is 2. The molecule has 8 nitrogen and oxygen atoms in total. The molecule has 0 saturated carbocycles. The molecule has 3 heterocycles. The van der Waals surface area contributed by atoms with E-state index in [1.807, 2.05) is 23.6 Å². The summed E-state index contributed by atoms with van der Waals surface area (Å²) in [7, 11) is 0. The SMILES string of the molecule is C=CC(=O)Nc1cccc(Oc2nc(Nc3ccc(CN4CCC(O)CC4)cc3)nc3ccsc23)c1. The number of hydrogen-bond donors (Lipinski definition) is 3. The molecule has 36 heavy (non-hydrogen) atoms. The Hall–Kier alpha value is -3.79. The molecule has 1 fully saturated rings. The van der Waals surface area contributed by atoms with Crippen LogP contribution < -0.4 is 15.4 Å². The van der Waals surface area contributed by atoms with Crippen molar-refractivity contribution in [1.82, 2.24) is 14.9 Å². The van der Waals surface area contributed by atoms with Gasteiger partial charge in [0, 0.05) is 37.1 Å². The number of carbonyl (C=O) groups excluding carboxylic acids is 1. The predicted molar refractivity (Wildman–Crippen MR) is 143 cm³/mol. The monoisotopic (exact) mass is 501 g/mol. The standard InChI is InChI=1S/C27H27N5O3S/c1-2-24(34)28-20-4-3-5-22(16-20)35-26-25-23(12-15-36-25)30-27(31-26)29-19-8-6-18(7-9-19)17-32-13-10-21(33)11-14-32/h2-9,12,15-16,21,33H,1,10-11,13-14,17H2,(H,28,34)(H,29,30,31). The first kappa shape index (κ1) is 23.9. The highest BCUT2D eigenvalue weighted by Crippen LogP contribution is 2.33. The second kappa shape index (κ2) is 10.9. The summed E-state index contributed by atoms with van der Waals surface area (Å²) in [6, 6.07) is 17.3. The molecule has 1 aliphatic rings. The smallest absolute Gasteiger partial charge is 0.247 e. The van der Waals surface area contributed by atoms with Crippen LogP contribution in [0.5, 0.6) is 11.6 Å². The lowest BCUT2D eigenvalue weighted by molar-refractivity contribution is -0.111. The number of amides is 1. The van der Waals surface area contributed by atoms with Crippen molar-refractivity contribution in [3.8, 4) is 11.6 Å². The fraction of sp³-hybridized carbons (Fsp3) is 0.222. The molecule has 0 atom stereocenters. The van der Waals surface area contributed by atoms with Gasteiger partial charge in [-0.1, -0.05) is 24.8 Å². The van der Waals surface area contributed by atoms with E-state index in [-0.39, 0.29) is 12.0 Å². The van der Waals surface area contributed by atoms with Crippen LogP contribution in [0.3, 0.4) is 0 Å². The van der Waals surface area contributed by atoms with E-state index in [2.05, 4.69) is 44.2 Å². The van der Waals surface area contributed by atoms with Crippen LogP contribution in [0, 0.1) is 0 Å². The average Bonchev–Trinajstić information content (AvgIpc) is 3.36. The summed E-state index contributed by atoms with van der Waals surface area (Å²) in [6.45, 7) is 6.18. The van der Waals surface area contributed by atoms with Crippen molar-refractivity contribution >= 4 is 44.8 Å². The summed E-state index contributed by atoms with van der Waals surface area (Å²) in [6.07, 6.45) is 2.72. The number of aliphatic hydroxyl groups excluding tert-OH is 1. The number of likely N-dealkylation sites (tertiary alicyclic amines) is 1. The van der Waals surface area contributed by atoms with Crippen molar-refractivity contribution in [3.05, 3.63) is 78.2 Å². The minimum atomic E-state index is -0.290. The maximum absolute atomic E-state index is 11.6. The first-order valence-corrected chi connectivity index (χ1v) is 12.7. The molecule has 0 aliphatic carbocycles. The summed E-state index contributed by atoms with van der Waals surface area (Å²) < 4.78 is 6.95. The van der Waals surface area contributed by atoms with E-state index in [4.69, 9.17) is 4.74 Å². The summed E-state index contributed by atoms with van der Waals surface area (Å²) in [5.41, 5.74) is 3.49. The van der Waals surface area contributed by atoms with Crippen LogP contribution in [-0.4, -0.2) is 45.1 Å². The Kier molecular flexibility index (Phi) is 7.22. The topological polar surface area (TPSA) is 99.6 Å². The van der Waals surface area contributed by atoms with E-state index in [0.29, 0.717) is 23.3 Å². The molecule has 3 N–H and O–H groups in total. The van der Waals surface area contributed by atoms with Crippen molar-refractivity contribution in [2.45, 2.75) is 25.5 Å². The van der Waals surface area contributed by atoms with Crippen LogP contribution in [0.2, 0.25) is 0 Å². The number of fused-ring (bicyclic) bond motifs is 1. The molecule has 0 spiro atoms. The van der Waals surface area contributed by atoms with Crippen molar-refractivity contribution in [2.75, 3.05) is 23.7 Å². The number of aliphatic hydroxyl groups is 1. The van der Waals surface area contributed by atoms with E-state index < -0.39 is 0 Å². The van der Waals surface area contributed by atoms with Gasteiger partial charge in [-0.25, -0.2) is 4.98 Å². The average molecular weight is 502 g/mol. The molecule has 1 aliphatic heterocycles. The van der Waals surface area contributed by atoms with Crippen molar-refractivity contribution in [3.63, 3.8) is 0 Å². The van der Waals surface area contributed by atoms with Gasteiger partial charge < -0.3 is 20.5 Å². The quantitative estimate of drug-likeness (QED) is 0.282. The Bertz CT molecular complexity index is 1360. The van der Waals surface area contributed by atoms with Crippen molar-refractivity contribution < 1.29 is 14.6 Å². The first-order chi connectivity index (χ1) is 17.6. The molecular weight excluding hydrogens is 474 g/mol. The van der Waals surface area contributed by atoms with Gasteiger partial charge in [0.05, 0.1) is 11.6 Å². The minimum Gasteiger partial charge on any atom is -0.437 e. The van der Waals surface area contributed by atoms with Crippen LogP contribution in [0.1, 0.15) is 18.4 Å². The van der Waals surface area contributed by atoms with Crippen LogP contribution in [0.25, 0.3) is 10.2 Å². The summed E-state index contributed by atoms with van der Waals surface area (Å²) in [5.74, 6) is 1.13. The maximum Gasteiger partial charge on any atom is 0.247 e. The molecule has 1 saturated heterocycles. The fourth-order valence-electron chi connectivity index (χ4n) is 4.06. The number of nitrogens with one attached hydrogen (secondary N) is 2. The number of nitrogens with zero attached hydrogens (tertiary/aromatic N) is 3. The molecule has 0 bridgehead atoms. The molecule has 4 aromatic rings. The Morgan fingerprint density at radius 2 is 1.94 bits per heavy atom. The number of thiophene rings is 1. The summed E-state index contributed by atoms with van der Waals surface area (Å²) in [4.78, 5) is 23.3. The molecule has 9 heteroatoms. The first-order valence-electron chi connectivity index (χ1n) is 11.8. The van der Waals surface area contributed by atoms with Gasteiger partial charge in [0.25, 0.3) is 0 Å². The van der Waals surface area contributed by atoms with Gasteiger partial charge in [0.2, 0.25) is 17.7 Å². The zero-order valence-electron chi connectivity index (χ0n) is 19.7. The highest BCUT2D eigenvalue weighted by molar-refractivity contribution is 7.17. The second-order valence-electron chi connectivity index (χ2n) is 8.64. The number of ether oxygens (including phenoxy) is 1. The van der Waals surface area contributed by atoms with Crippen LogP contribution >= 0.6 is 11.3 Å². The number of piperidine rings is 1. The van der Waals surface area contributed by atoms with E-state index in [1.54, 1.807) is 24.3 Å². The molecule has 0 radical (unpaired) electrons. The number of anilines is 3. The van der Waals surface area contributed by atoms with Crippen molar-refractivity contribution in [2.24, 2.45) is 0 Å².